The monoisotopic (exact) mass is 211 g/mol. The van der Waals surface area contributed by atoms with Crippen LogP contribution in [0.1, 0.15) is 33.1 Å². The van der Waals surface area contributed by atoms with Crippen molar-refractivity contribution in [3.63, 3.8) is 0 Å². The van der Waals surface area contributed by atoms with Gasteiger partial charge in [0.05, 0.1) is 0 Å². The highest BCUT2D eigenvalue weighted by Crippen LogP contribution is 2.27. The summed E-state index contributed by atoms with van der Waals surface area (Å²) in [6.45, 7) is 6.03. The van der Waals surface area contributed by atoms with E-state index in [4.69, 9.17) is 0 Å². The summed E-state index contributed by atoms with van der Waals surface area (Å²) in [5, 5.41) is 6.40. The van der Waals surface area contributed by atoms with E-state index in [-0.39, 0.29) is 12.1 Å². The van der Waals surface area contributed by atoms with Crippen molar-refractivity contribution in [3.8, 4) is 0 Å². The van der Waals surface area contributed by atoms with Gasteiger partial charge >= 0.3 is 6.03 Å². The van der Waals surface area contributed by atoms with Gasteiger partial charge in [0.15, 0.2) is 0 Å². The molecule has 0 aromatic carbocycles. The van der Waals surface area contributed by atoms with Gasteiger partial charge in [-0.05, 0) is 39.7 Å². The minimum Gasteiger partial charge on any atom is -0.336 e. The molecule has 15 heavy (non-hydrogen) atoms. The number of amides is 2. The molecule has 2 rings (SSSR count). The van der Waals surface area contributed by atoms with E-state index in [0.717, 1.165) is 25.9 Å². The van der Waals surface area contributed by atoms with Crippen LogP contribution in [0.15, 0.2) is 0 Å². The van der Waals surface area contributed by atoms with Gasteiger partial charge in [-0.1, -0.05) is 0 Å². The first-order valence-corrected chi connectivity index (χ1v) is 5.98. The molecular weight excluding hydrogens is 190 g/mol. The van der Waals surface area contributed by atoms with Crippen molar-refractivity contribution >= 4 is 6.03 Å². The zero-order valence-corrected chi connectivity index (χ0v) is 9.62. The third-order valence-corrected chi connectivity index (χ3v) is 3.30. The number of hydrogen-bond donors (Lipinski definition) is 2. The summed E-state index contributed by atoms with van der Waals surface area (Å²) in [7, 11) is 0. The summed E-state index contributed by atoms with van der Waals surface area (Å²) >= 11 is 0. The van der Waals surface area contributed by atoms with Gasteiger partial charge in [-0.3, -0.25) is 0 Å². The lowest BCUT2D eigenvalue weighted by molar-refractivity contribution is 0.174. The highest BCUT2D eigenvalue weighted by atomic mass is 16.2. The van der Waals surface area contributed by atoms with Gasteiger partial charge in [-0.15, -0.1) is 0 Å². The zero-order valence-electron chi connectivity index (χ0n) is 9.62. The largest absolute Gasteiger partial charge is 0.336 e. The van der Waals surface area contributed by atoms with Crippen LogP contribution in [0.4, 0.5) is 4.79 Å². The van der Waals surface area contributed by atoms with E-state index >= 15 is 0 Å². The molecule has 2 bridgehead atoms. The van der Waals surface area contributed by atoms with Gasteiger partial charge in [0.1, 0.15) is 0 Å². The molecule has 0 radical (unpaired) electrons. The molecule has 2 heterocycles. The van der Waals surface area contributed by atoms with E-state index < -0.39 is 0 Å². The number of fused-ring (bicyclic) bond motifs is 2. The van der Waals surface area contributed by atoms with Gasteiger partial charge in [-0.2, -0.15) is 0 Å². The highest BCUT2D eigenvalue weighted by Gasteiger charge is 2.37. The molecule has 0 aromatic rings. The lowest BCUT2D eigenvalue weighted by atomic mass is 10.1. The Bertz CT molecular complexity index is 228. The van der Waals surface area contributed by atoms with Crippen molar-refractivity contribution in [2.24, 2.45) is 0 Å². The van der Waals surface area contributed by atoms with Crippen LogP contribution in [0.5, 0.6) is 0 Å². The fourth-order valence-corrected chi connectivity index (χ4v) is 2.64. The molecule has 86 valence electrons. The van der Waals surface area contributed by atoms with Crippen LogP contribution < -0.4 is 10.6 Å². The van der Waals surface area contributed by atoms with E-state index in [1.165, 1.54) is 6.42 Å². The summed E-state index contributed by atoms with van der Waals surface area (Å²) in [4.78, 5) is 14.1. The normalized spacial score (nSPS) is 30.5. The van der Waals surface area contributed by atoms with Crippen molar-refractivity contribution in [3.05, 3.63) is 0 Å². The maximum absolute atomic E-state index is 12.0. The summed E-state index contributed by atoms with van der Waals surface area (Å²) in [5.74, 6) is 0. The van der Waals surface area contributed by atoms with Gasteiger partial charge < -0.3 is 15.5 Å². The summed E-state index contributed by atoms with van der Waals surface area (Å²) in [6, 6.07) is 1.23. The van der Waals surface area contributed by atoms with Crippen molar-refractivity contribution in [1.82, 2.24) is 15.5 Å². The molecule has 4 nitrogen and oxygen atoms in total. The Morgan fingerprint density at radius 3 is 2.80 bits per heavy atom. The second-order valence-corrected chi connectivity index (χ2v) is 4.89. The van der Waals surface area contributed by atoms with Crippen molar-refractivity contribution in [2.75, 3.05) is 13.1 Å². The molecule has 2 fully saturated rings. The Morgan fingerprint density at radius 1 is 1.33 bits per heavy atom. The highest BCUT2D eigenvalue weighted by molar-refractivity contribution is 5.75. The standard InChI is InChI=1S/C11H21N3O/c1-8(2)13-11(15)14-9-3-4-10(14)7-12-6-5-9/h8-10,12H,3-7H2,1-2H3,(H,13,15). The molecule has 2 aliphatic heterocycles. The Hall–Kier alpha value is -0.770. The number of urea groups is 1. The van der Waals surface area contributed by atoms with Crippen LogP contribution in [-0.2, 0) is 0 Å². The smallest absolute Gasteiger partial charge is 0.318 e. The molecule has 2 aliphatic rings. The first kappa shape index (κ1) is 10.7. The number of carbonyl (C=O) groups is 1. The van der Waals surface area contributed by atoms with Crippen molar-refractivity contribution in [1.29, 1.82) is 0 Å². The zero-order chi connectivity index (χ0) is 10.8. The van der Waals surface area contributed by atoms with Crippen LogP contribution >= 0.6 is 0 Å². The molecule has 0 spiro atoms. The molecule has 2 atom stereocenters. The Balaban J connectivity index is 2.03. The maximum atomic E-state index is 12.0. The fraction of sp³-hybridized carbons (Fsp3) is 0.909. The predicted molar refractivity (Wildman–Crippen MR) is 59.8 cm³/mol. The predicted octanol–water partition coefficient (Wildman–Crippen LogP) is 0.931. The second-order valence-electron chi connectivity index (χ2n) is 4.89. The molecule has 0 aromatic heterocycles. The Morgan fingerprint density at radius 2 is 2.07 bits per heavy atom. The topological polar surface area (TPSA) is 44.4 Å². The molecule has 0 aliphatic carbocycles. The minimum atomic E-state index is 0.126. The van der Waals surface area contributed by atoms with E-state index in [2.05, 4.69) is 15.5 Å². The molecule has 2 amide bonds. The Labute approximate surface area is 91.4 Å². The average Bonchev–Trinajstić information content (AvgIpc) is 2.38. The average molecular weight is 211 g/mol. The van der Waals surface area contributed by atoms with Gasteiger partial charge in [0.25, 0.3) is 0 Å². The van der Waals surface area contributed by atoms with E-state index in [0.29, 0.717) is 12.1 Å². The lowest BCUT2D eigenvalue weighted by Gasteiger charge is -2.28. The first-order chi connectivity index (χ1) is 7.18. The molecule has 0 saturated carbocycles. The minimum absolute atomic E-state index is 0.126. The molecular formula is C11H21N3O. The molecule has 2 N–H and O–H groups in total. The maximum Gasteiger partial charge on any atom is 0.318 e. The van der Waals surface area contributed by atoms with Crippen LogP contribution in [0.25, 0.3) is 0 Å². The third kappa shape index (κ3) is 2.25. The molecule has 2 unspecified atom stereocenters. The number of rotatable bonds is 1. The first-order valence-electron chi connectivity index (χ1n) is 5.98. The number of nitrogens with one attached hydrogen (secondary N) is 2. The molecule has 2 saturated heterocycles. The van der Waals surface area contributed by atoms with Gasteiger partial charge in [0, 0.05) is 24.7 Å². The second kappa shape index (κ2) is 4.39. The third-order valence-electron chi connectivity index (χ3n) is 3.30. The van der Waals surface area contributed by atoms with Crippen molar-refractivity contribution in [2.45, 2.75) is 51.2 Å². The van der Waals surface area contributed by atoms with Crippen molar-refractivity contribution < 1.29 is 4.79 Å². The van der Waals surface area contributed by atoms with E-state index in [1.54, 1.807) is 0 Å². The summed E-state index contributed by atoms with van der Waals surface area (Å²) in [6.07, 6.45) is 3.43. The number of hydrogen-bond acceptors (Lipinski definition) is 2. The Kier molecular flexibility index (Phi) is 3.14. The number of nitrogens with zero attached hydrogens (tertiary/aromatic N) is 1. The quantitative estimate of drug-likeness (QED) is 0.677. The SMILES string of the molecule is CC(C)NC(=O)N1C2CCNCC1CC2. The van der Waals surface area contributed by atoms with E-state index in [9.17, 15) is 4.79 Å². The summed E-state index contributed by atoms with van der Waals surface area (Å²) < 4.78 is 0. The van der Waals surface area contributed by atoms with Gasteiger partial charge in [0.2, 0.25) is 0 Å². The van der Waals surface area contributed by atoms with Crippen LogP contribution in [0.3, 0.4) is 0 Å². The summed E-state index contributed by atoms with van der Waals surface area (Å²) in [5.41, 5.74) is 0. The lowest BCUT2D eigenvalue weighted by Crippen LogP contribution is -2.49. The number of carbonyl (C=O) groups excluding carboxylic acids is 1. The van der Waals surface area contributed by atoms with Crippen LogP contribution in [-0.4, -0.2) is 42.1 Å². The van der Waals surface area contributed by atoms with Crippen LogP contribution in [0.2, 0.25) is 0 Å². The fourth-order valence-electron chi connectivity index (χ4n) is 2.64. The molecule has 4 heteroatoms. The van der Waals surface area contributed by atoms with E-state index in [1.807, 2.05) is 13.8 Å². The van der Waals surface area contributed by atoms with Crippen LogP contribution in [0, 0.1) is 0 Å². The van der Waals surface area contributed by atoms with Gasteiger partial charge in [-0.25, -0.2) is 4.79 Å².